The normalized spacial score (nSPS) is 12.0. The van der Waals surface area contributed by atoms with Gasteiger partial charge in [0.05, 0.1) is 10.8 Å². The van der Waals surface area contributed by atoms with Crippen LogP contribution in [0.3, 0.4) is 0 Å². The van der Waals surface area contributed by atoms with E-state index in [1.54, 1.807) is 12.3 Å². The number of hydrogen-bond acceptors (Lipinski definition) is 7. The van der Waals surface area contributed by atoms with Gasteiger partial charge in [-0.2, -0.15) is 0 Å². The van der Waals surface area contributed by atoms with Gasteiger partial charge >= 0.3 is 12.1 Å². The highest BCUT2D eigenvalue weighted by molar-refractivity contribution is 8.00. The summed E-state index contributed by atoms with van der Waals surface area (Å²) in [5, 5.41) is 4.92. The molecule has 3 aromatic carbocycles. The lowest BCUT2D eigenvalue weighted by Crippen LogP contribution is -2.34. The molecular weight excluding hydrogens is 522 g/mol. The molecule has 2 N–H and O–H groups in total. The van der Waals surface area contributed by atoms with Crippen molar-refractivity contribution >= 4 is 40.5 Å². The summed E-state index contributed by atoms with van der Waals surface area (Å²) < 4.78 is 14.4. The molecule has 0 radical (unpaired) electrons. The highest BCUT2D eigenvalue weighted by Crippen LogP contribution is 2.31. The first-order valence-corrected chi connectivity index (χ1v) is 14.0. The Balaban J connectivity index is 1.43. The van der Waals surface area contributed by atoms with Gasteiger partial charge in [0.2, 0.25) is 0 Å². The van der Waals surface area contributed by atoms with Crippen LogP contribution in [0.1, 0.15) is 58.6 Å². The van der Waals surface area contributed by atoms with Crippen molar-refractivity contribution in [1.82, 2.24) is 10.3 Å². The number of pyridine rings is 1. The summed E-state index contributed by atoms with van der Waals surface area (Å²) in [7, 11) is 0. The third-order valence-corrected chi connectivity index (χ3v) is 7.19. The average molecular weight is 558 g/mol. The van der Waals surface area contributed by atoms with E-state index in [9.17, 15) is 9.59 Å². The van der Waals surface area contributed by atoms with E-state index in [2.05, 4.69) is 21.1 Å². The molecule has 0 spiro atoms. The van der Waals surface area contributed by atoms with Crippen molar-refractivity contribution < 1.29 is 19.1 Å². The molecule has 0 aliphatic carbocycles. The zero-order valence-electron chi connectivity index (χ0n) is 23.5. The van der Waals surface area contributed by atoms with E-state index in [4.69, 9.17) is 9.47 Å². The fourth-order valence-corrected chi connectivity index (χ4v) is 4.97. The zero-order chi connectivity index (χ0) is 28.7. The molecule has 8 heteroatoms. The van der Waals surface area contributed by atoms with Crippen LogP contribution in [0.15, 0.2) is 79.1 Å². The topological polar surface area (TPSA) is 89.5 Å². The first-order valence-electron chi connectivity index (χ1n) is 13.1. The molecular formula is C32H35N3O4S. The summed E-state index contributed by atoms with van der Waals surface area (Å²) in [6.07, 6.45) is 3.14. The number of nitrogens with zero attached hydrogens (tertiary/aromatic N) is 1. The van der Waals surface area contributed by atoms with Gasteiger partial charge in [0.15, 0.2) is 0 Å². The number of fused-ring (bicyclic) bond motifs is 1. The molecule has 0 saturated carbocycles. The van der Waals surface area contributed by atoms with E-state index in [0.717, 1.165) is 38.7 Å². The van der Waals surface area contributed by atoms with Crippen molar-refractivity contribution in [3.8, 4) is 0 Å². The Labute approximate surface area is 239 Å². The minimum Gasteiger partial charge on any atom is -0.457 e. The Morgan fingerprint density at radius 2 is 1.73 bits per heavy atom. The Morgan fingerprint density at radius 1 is 0.950 bits per heavy atom. The molecule has 0 bridgehead atoms. The molecule has 0 fully saturated rings. The summed E-state index contributed by atoms with van der Waals surface area (Å²) in [5.41, 5.74) is 4.81. The van der Waals surface area contributed by atoms with Crippen LogP contribution in [-0.4, -0.2) is 29.2 Å². The summed E-state index contributed by atoms with van der Waals surface area (Å²) in [5.74, 6) is -0.341. The molecule has 1 atom stereocenters. The van der Waals surface area contributed by atoms with E-state index in [0.29, 0.717) is 12.1 Å². The molecule has 208 valence electrons. The minimum atomic E-state index is -0.582. The van der Waals surface area contributed by atoms with Gasteiger partial charge in [-0.3, -0.25) is 4.98 Å². The maximum absolute atomic E-state index is 12.6. The number of benzene rings is 3. The van der Waals surface area contributed by atoms with Crippen LogP contribution in [0.5, 0.6) is 0 Å². The van der Waals surface area contributed by atoms with Crippen molar-refractivity contribution in [1.29, 1.82) is 0 Å². The second kappa shape index (κ2) is 12.9. The van der Waals surface area contributed by atoms with Gasteiger partial charge < -0.3 is 19.5 Å². The molecule has 4 rings (SSSR count). The summed E-state index contributed by atoms with van der Waals surface area (Å²) >= 11 is 1.50. The Hall–Kier alpha value is -4.04. The molecule has 7 nitrogen and oxygen atoms in total. The van der Waals surface area contributed by atoms with E-state index in [-0.39, 0.29) is 17.8 Å². The second-order valence-corrected chi connectivity index (χ2v) is 11.7. The van der Waals surface area contributed by atoms with Crippen LogP contribution >= 0.6 is 11.9 Å². The van der Waals surface area contributed by atoms with E-state index in [1.807, 2.05) is 95.4 Å². The summed E-state index contributed by atoms with van der Waals surface area (Å²) in [6, 6.07) is 21.6. The number of amides is 1. The number of alkyl carbamates (subject to hydrolysis) is 1. The van der Waals surface area contributed by atoms with Crippen LogP contribution in [0.2, 0.25) is 0 Å². The van der Waals surface area contributed by atoms with Crippen molar-refractivity contribution in [3.05, 3.63) is 107 Å². The number of aromatic nitrogens is 1. The minimum absolute atomic E-state index is 0.118. The molecule has 1 aromatic heterocycles. The van der Waals surface area contributed by atoms with Gasteiger partial charge in [-0.1, -0.05) is 48.0 Å². The first kappa shape index (κ1) is 29.0. The predicted octanol–water partition coefficient (Wildman–Crippen LogP) is 7.53. The molecule has 40 heavy (non-hydrogen) atoms. The van der Waals surface area contributed by atoms with Crippen LogP contribution < -0.4 is 10.0 Å². The van der Waals surface area contributed by atoms with E-state index >= 15 is 0 Å². The Bertz CT molecular complexity index is 1480. The lowest BCUT2D eigenvalue weighted by atomic mass is 10.1. The molecule has 0 saturated heterocycles. The van der Waals surface area contributed by atoms with Crippen LogP contribution in [0, 0.1) is 13.8 Å². The number of ether oxygens (including phenoxy) is 2. The summed E-state index contributed by atoms with van der Waals surface area (Å²) in [4.78, 5) is 29.1. The highest BCUT2D eigenvalue weighted by Gasteiger charge is 2.19. The fourth-order valence-electron chi connectivity index (χ4n) is 4.10. The van der Waals surface area contributed by atoms with E-state index < -0.39 is 11.7 Å². The van der Waals surface area contributed by atoms with Crippen molar-refractivity contribution in [2.75, 3.05) is 11.3 Å². The number of anilines is 1. The predicted molar refractivity (Wildman–Crippen MR) is 161 cm³/mol. The molecule has 1 amide bonds. The molecule has 1 heterocycles. The van der Waals surface area contributed by atoms with Crippen molar-refractivity contribution in [2.45, 2.75) is 52.1 Å². The third kappa shape index (κ3) is 8.23. The van der Waals surface area contributed by atoms with Crippen molar-refractivity contribution in [2.24, 2.45) is 0 Å². The summed E-state index contributed by atoms with van der Waals surface area (Å²) in [6.45, 7) is 9.93. The number of esters is 1. The fraction of sp³-hybridized carbons (Fsp3) is 0.281. The maximum atomic E-state index is 12.6. The van der Waals surface area contributed by atoms with Crippen LogP contribution in [-0.2, 0) is 16.1 Å². The van der Waals surface area contributed by atoms with Crippen LogP contribution in [0.25, 0.3) is 10.8 Å². The van der Waals surface area contributed by atoms with Gasteiger partial charge in [-0.15, -0.1) is 0 Å². The van der Waals surface area contributed by atoms with Gasteiger partial charge in [-0.25, -0.2) is 9.59 Å². The number of aryl methyl sites for hydroxylation is 2. The third-order valence-electron chi connectivity index (χ3n) is 6.11. The molecule has 0 aliphatic heterocycles. The lowest BCUT2D eigenvalue weighted by Gasteiger charge is -2.22. The molecule has 1 unspecified atom stereocenters. The number of carbonyl (C=O) groups is 2. The SMILES string of the molecule is Cc1ccc(C(=O)OCc2ccc(C(CNC(=O)OC(C)(C)C)SNc3ccc4cnccc4c3)cc2)c(C)c1. The van der Waals surface area contributed by atoms with Gasteiger partial charge in [0, 0.05) is 30.0 Å². The number of nitrogens with one attached hydrogen (secondary N) is 2. The monoisotopic (exact) mass is 557 g/mol. The van der Waals surface area contributed by atoms with E-state index in [1.165, 1.54) is 11.9 Å². The lowest BCUT2D eigenvalue weighted by molar-refractivity contribution is 0.0470. The Kier molecular flexibility index (Phi) is 9.32. The highest BCUT2D eigenvalue weighted by atomic mass is 32.2. The largest absolute Gasteiger partial charge is 0.457 e. The average Bonchev–Trinajstić information content (AvgIpc) is 2.91. The van der Waals surface area contributed by atoms with Crippen LogP contribution in [0.4, 0.5) is 10.5 Å². The zero-order valence-corrected chi connectivity index (χ0v) is 24.3. The smallest absolute Gasteiger partial charge is 0.407 e. The number of carbonyl (C=O) groups excluding carboxylic acids is 2. The van der Waals surface area contributed by atoms with Gasteiger partial charge in [0.25, 0.3) is 0 Å². The quantitative estimate of drug-likeness (QED) is 0.162. The molecule has 0 aliphatic rings. The maximum Gasteiger partial charge on any atom is 0.407 e. The standard InChI is InChI=1S/C32H35N3O4S/c1-21-6-13-28(22(2)16-21)30(36)38-20-23-7-9-24(10-8-23)29(19-34-31(37)39-32(3,4)5)40-35-27-12-11-26-18-33-15-14-25(26)17-27/h6-18,29,35H,19-20H2,1-5H3,(H,34,37). The first-order chi connectivity index (χ1) is 19.1. The van der Waals surface area contributed by atoms with Gasteiger partial charge in [-0.05, 0) is 92.9 Å². The molecule has 4 aromatic rings. The Morgan fingerprint density at radius 3 is 2.45 bits per heavy atom. The number of rotatable bonds is 9. The second-order valence-electron chi connectivity index (χ2n) is 10.7. The van der Waals surface area contributed by atoms with Crippen molar-refractivity contribution in [3.63, 3.8) is 0 Å². The van der Waals surface area contributed by atoms with Gasteiger partial charge in [0.1, 0.15) is 12.2 Å². The number of hydrogen-bond donors (Lipinski definition) is 2.